The molecule has 0 spiro atoms. The third-order valence-electron chi connectivity index (χ3n) is 3.84. The second-order valence-electron chi connectivity index (χ2n) is 5.69. The Balaban J connectivity index is 1.89. The van der Waals surface area contributed by atoms with Crippen molar-refractivity contribution in [1.82, 2.24) is 10.2 Å². The molecule has 0 bridgehead atoms. The van der Waals surface area contributed by atoms with E-state index in [-0.39, 0.29) is 0 Å². The first-order valence-electron chi connectivity index (χ1n) is 7.91. The zero-order chi connectivity index (χ0) is 14.2. The monoisotopic (exact) mass is 276 g/mol. The van der Waals surface area contributed by atoms with Gasteiger partial charge in [-0.1, -0.05) is 31.2 Å². The molecule has 1 saturated heterocycles. The van der Waals surface area contributed by atoms with Gasteiger partial charge in [0, 0.05) is 19.6 Å². The number of nitrogens with one attached hydrogen (secondary N) is 1. The summed E-state index contributed by atoms with van der Waals surface area (Å²) in [6.07, 6.45) is 2.69. The van der Waals surface area contributed by atoms with Crippen LogP contribution in [0.2, 0.25) is 0 Å². The molecule has 3 nitrogen and oxygen atoms in total. The molecular formula is C17H28N2O. The van der Waals surface area contributed by atoms with Crippen LogP contribution in [0.5, 0.6) is 0 Å². The fourth-order valence-electron chi connectivity index (χ4n) is 2.76. The van der Waals surface area contributed by atoms with Crippen LogP contribution in [0, 0.1) is 0 Å². The molecule has 1 unspecified atom stereocenters. The van der Waals surface area contributed by atoms with Crippen molar-refractivity contribution >= 4 is 0 Å². The van der Waals surface area contributed by atoms with Gasteiger partial charge in [0.2, 0.25) is 0 Å². The summed E-state index contributed by atoms with van der Waals surface area (Å²) in [5.41, 5.74) is 2.95. The van der Waals surface area contributed by atoms with Gasteiger partial charge in [0.1, 0.15) is 0 Å². The van der Waals surface area contributed by atoms with Gasteiger partial charge in [-0.25, -0.2) is 0 Å². The van der Waals surface area contributed by atoms with Gasteiger partial charge in [-0.05, 0) is 44.0 Å². The van der Waals surface area contributed by atoms with Crippen LogP contribution in [0.15, 0.2) is 24.3 Å². The largest absolute Gasteiger partial charge is 0.376 e. The standard InChI is InChI=1S/C17H28N2O/c1-3-9-18-10-8-16-6-4-5-7-17(16)14-19-11-12-20-15(2)13-19/h4-7,15,18H,3,8-14H2,1-2H3. The number of morpholine rings is 1. The first kappa shape index (κ1) is 15.5. The molecular weight excluding hydrogens is 248 g/mol. The SMILES string of the molecule is CCCNCCc1ccccc1CN1CCOC(C)C1. The number of nitrogens with zero attached hydrogens (tertiary/aromatic N) is 1. The minimum atomic E-state index is 0.363. The second-order valence-corrected chi connectivity index (χ2v) is 5.69. The Hall–Kier alpha value is -0.900. The maximum absolute atomic E-state index is 5.62. The van der Waals surface area contributed by atoms with Crippen LogP contribution in [0.3, 0.4) is 0 Å². The lowest BCUT2D eigenvalue weighted by Crippen LogP contribution is -2.40. The molecule has 1 fully saturated rings. The summed E-state index contributed by atoms with van der Waals surface area (Å²) in [6.45, 7) is 10.6. The molecule has 1 aromatic carbocycles. The van der Waals surface area contributed by atoms with Crippen LogP contribution < -0.4 is 5.32 Å². The molecule has 0 aliphatic carbocycles. The minimum absolute atomic E-state index is 0.363. The van der Waals surface area contributed by atoms with Gasteiger partial charge in [-0.3, -0.25) is 4.90 Å². The summed E-state index contributed by atoms with van der Waals surface area (Å²) in [6, 6.07) is 8.85. The van der Waals surface area contributed by atoms with Crippen molar-refractivity contribution in [2.45, 2.75) is 39.3 Å². The molecule has 1 aliphatic heterocycles. The Morgan fingerprint density at radius 3 is 2.80 bits per heavy atom. The molecule has 0 radical (unpaired) electrons. The van der Waals surface area contributed by atoms with Crippen molar-refractivity contribution in [2.75, 3.05) is 32.8 Å². The Morgan fingerprint density at radius 2 is 2.05 bits per heavy atom. The normalized spacial score (nSPS) is 20.2. The highest BCUT2D eigenvalue weighted by Gasteiger charge is 2.17. The van der Waals surface area contributed by atoms with Crippen molar-refractivity contribution in [3.8, 4) is 0 Å². The number of ether oxygens (including phenoxy) is 1. The van der Waals surface area contributed by atoms with Gasteiger partial charge < -0.3 is 10.1 Å². The first-order valence-corrected chi connectivity index (χ1v) is 7.91. The highest BCUT2D eigenvalue weighted by molar-refractivity contribution is 5.27. The van der Waals surface area contributed by atoms with Gasteiger partial charge in [0.05, 0.1) is 12.7 Å². The quantitative estimate of drug-likeness (QED) is 0.774. The van der Waals surface area contributed by atoms with E-state index in [9.17, 15) is 0 Å². The van der Waals surface area contributed by atoms with E-state index in [2.05, 4.69) is 48.3 Å². The van der Waals surface area contributed by atoms with E-state index in [1.807, 2.05) is 0 Å². The predicted octanol–water partition coefficient (Wildman–Crippen LogP) is 2.45. The number of hydrogen-bond donors (Lipinski definition) is 1. The highest BCUT2D eigenvalue weighted by atomic mass is 16.5. The molecule has 20 heavy (non-hydrogen) atoms. The Kier molecular flexibility index (Phi) is 6.51. The molecule has 0 aromatic heterocycles. The highest BCUT2D eigenvalue weighted by Crippen LogP contribution is 2.14. The Labute approximate surface area is 123 Å². The summed E-state index contributed by atoms with van der Waals surface area (Å²) in [7, 11) is 0. The van der Waals surface area contributed by atoms with Crippen molar-refractivity contribution in [2.24, 2.45) is 0 Å². The zero-order valence-electron chi connectivity index (χ0n) is 12.9. The Bertz CT molecular complexity index is 394. The third kappa shape index (κ3) is 4.89. The molecule has 1 atom stereocenters. The maximum Gasteiger partial charge on any atom is 0.0674 e. The van der Waals surface area contributed by atoms with E-state index < -0.39 is 0 Å². The minimum Gasteiger partial charge on any atom is -0.376 e. The third-order valence-corrected chi connectivity index (χ3v) is 3.84. The average molecular weight is 276 g/mol. The number of benzene rings is 1. The summed E-state index contributed by atoms with van der Waals surface area (Å²) < 4.78 is 5.62. The van der Waals surface area contributed by atoms with Gasteiger partial charge >= 0.3 is 0 Å². The summed E-state index contributed by atoms with van der Waals surface area (Å²) in [5.74, 6) is 0. The lowest BCUT2D eigenvalue weighted by molar-refractivity contribution is -0.0212. The Morgan fingerprint density at radius 1 is 1.25 bits per heavy atom. The van der Waals surface area contributed by atoms with Gasteiger partial charge in [-0.2, -0.15) is 0 Å². The van der Waals surface area contributed by atoms with Crippen LogP contribution >= 0.6 is 0 Å². The van der Waals surface area contributed by atoms with E-state index in [0.29, 0.717) is 6.10 Å². The van der Waals surface area contributed by atoms with Crippen LogP contribution in [-0.2, 0) is 17.7 Å². The predicted molar refractivity (Wildman–Crippen MR) is 84.0 cm³/mol. The van der Waals surface area contributed by atoms with E-state index >= 15 is 0 Å². The lowest BCUT2D eigenvalue weighted by atomic mass is 10.0. The van der Waals surface area contributed by atoms with Crippen molar-refractivity contribution in [3.63, 3.8) is 0 Å². The average Bonchev–Trinajstić information content (AvgIpc) is 2.45. The van der Waals surface area contributed by atoms with Crippen molar-refractivity contribution < 1.29 is 4.74 Å². The van der Waals surface area contributed by atoms with Crippen LogP contribution in [0.1, 0.15) is 31.4 Å². The van der Waals surface area contributed by atoms with Gasteiger partial charge in [0.15, 0.2) is 0 Å². The first-order chi connectivity index (χ1) is 9.79. The fourth-order valence-corrected chi connectivity index (χ4v) is 2.76. The van der Waals surface area contributed by atoms with Crippen LogP contribution in [-0.4, -0.2) is 43.8 Å². The van der Waals surface area contributed by atoms with E-state index in [4.69, 9.17) is 4.74 Å². The summed E-state index contributed by atoms with van der Waals surface area (Å²) in [5, 5.41) is 3.49. The molecule has 3 heteroatoms. The van der Waals surface area contributed by atoms with Gasteiger partial charge in [0.25, 0.3) is 0 Å². The number of hydrogen-bond acceptors (Lipinski definition) is 3. The molecule has 0 amide bonds. The molecule has 1 aromatic rings. The maximum atomic E-state index is 5.62. The molecule has 1 aliphatic rings. The van der Waals surface area contributed by atoms with E-state index in [0.717, 1.165) is 45.8 Å². The van der Waals surface area contributed by atoms with Crippen LogP contribution in [0.25, 0.3) is 0 Å². The molecule has 112 valence electrons. The second kappa shape index (κ2) is 8.40. The van der Waals surface area contributed by atoms with E-state index in [1.54, 1.807) is 0 Å². The van der Waals surface area contributed by atoms with Crippen molar-refractivity contribution in [3.05, 3.63) is 35.4 Å². The van der Waals surface area contributed by atoms with Crippen LogP contribution in [0.4, 0.5) is 0 Å². The molecule has 0 saturated carbocycles. The number of rotatable bonds is 7. The molecule has 1 N–H and O–H groups in total. The summed E-state index contributed by atoms with van der Waals surface area (Å²) >= 11 is 0. The van der Waals surface area contributed by atoms with Gasteiger partial charge in [-0.15, -0.1) is 0 Å². The topological polar surface area (TPSA) is 24.5 Å². The van der Waals surface area contributed by atoms with E-state index in [1.165, 1.54) is 17.5 Å². The molecule has 1 heterocycles. The molecule has 2 rings (SSSR count). The lowest BCUT2D eigenvalue weighted by Gasteiger charge is -2.31. The smallest absolute Gasteiger partial charge is 0.0674 e. The fraction of sp³-hybridized carbons (Fsp3) is 0.647. The summed E-state index contributed by atoms with van der Waals surface area (Å²) in [4.78, 5) is 2.51. The zero-order valence-corrected chi connectivity index (χ0v) is 12.9. The van der Waals surface area contributed by atoms with Crippen molar-refractivity contribution in [1.29, 1.82) is 0 Å².